The topological polar surface area (TPSA) is 93.9 Å². The standard InChI is InChI=1S/C23H24F3N7O2/c1-31-5-3-4-6-32-13-18(20(30-32)23(24,25)26)16-11-28-21-15(16)9-14(10-27-21)17-12-33(7-8-35-2)29-19(17)22(31)34/h9-13H,3-8H2,1-2H3,(H,27,28). The summed E-state index contributed by atoms with van der Waals surface area (Å²) < 4.78 is 49.7. The molecule has 0 atom stereocenters. The van der Waals surface area contributed by atoms with E-state index < -0.39 is 11.9 Å². The summed E-state index contributed by atoms with van der Waals surface area (Å²) >= 11 is 0. The van der Waals surface area contributed by atoms with Gasteiger partial charge in [0.15, 0.2) is 11.4 Å². The summed E-state index contributed by atoms with van der Waals surface area (Å²) in [5.74, 6) is -0.236. The Balaban J connectivity index is 1.72. The van der Waals surface area contributed by atoms with Gasteiger partial charge in [-0.2, -0.15) is 23.4 Å². The first-order valence-electron chi connectivity index (χ1n) is 11.2. The van der Waals surface area contributed by atoms with Gasteiger partial charge in [0, 0.05) is 79.7 Å². The maximum Gasteiger partial charge on any atom is 0.435 e. The number of hydrogen-bond donors (Lipinski definition) is 1. The first-order chi connectivity index (χ1) is 16.8. The molecule has 0 saturated heterocycles. The van der Waals surface area contributed by atoms with Crippen LogP contribution < -0.4 is 0 Å². The van der Waals surface area contributed by atoms with E-state index in [1.165, 1.54) is 17.1 Å². The number of pyridine rings is 1. The van der Waals surface area contributed by atoms with E-state index in [1.807, 2.05) is 0 Å². The molecule has 0 radical (unpaired) electrons. The van der Waals surface area contributed by atoms with E-state index in [1.54, 1.807) is 42.2 Å². The normalized spacial score (nSPS) is 14.9. The molecule has 4 bridgehead atoms. The minimum atomic E-state index is -4.61. The number of aromatic nitrogens is 6. The molecule has 1 aliphatic heterocycles. The quantitative estimate of drug-likeness (QED) is 0.474. The lowest BCUT2D eigenvalue weighted by molar-refractivity contribution is -0.141. The lowest BCUT2D eigenvalue weighted by atomic mass is 10.0. The Kier molecular flexibility index (Phi) is 5.83. The van der Waals surface area contributed by atoms with Crippen molar-refractivity contribution in [3.8, 4) is 22.3 Å². The average Bonchev–Trinajstić information content (AvgIpc) is 3.54. The van der Waals surface area contributed by atoms with E-state index in [4.69, 9.17) is 4.74 Å². The van der Waals surface area contributed by atoms with Crippen LogP contribution in [0.25, 0.3) is 33.3 Å². The first kappa shape index (κ1) is 23.1. The number of halogens is 3. The van der Waals surface area contributed by atoms with Crippen LogP contribution in [0.2, 0.25) is 0 Å². The number of aryl methyl sites for hydroxylation is 1. The van der Waals surface area contributed by atoms with Gasteiger partial charge in [-0.3, -0.25) is 14.2 Å². The molecular formula is C23H24F3N7O2. The highest BCUT2D eigenvalue weighted by Crippen LogP contribution is 2.39. The van der Waals surface area contributed by atoms with Crippen molar-refractivity contribution in [2.24, 2.45) is 0 Å². The number of rotatable bonds is 3. The third kappa shape index (κ3) is 4.29. The van der Waals surface area contributed by atoms with Crippen LogP contribution in [0.5, 0.6) is 0 Å². The number of H-pyrrole nitrogens is 1. The van der Waals surface area contributed by atoms with Crippen molar-refractivity contribution < 1.29 is 22.7 Å². The maximum absolute atomic E-state index is 13.9. The van der Waals surface area contributed by atoms with Gasteiger partial charge in [-0.05, 0) is 18.9 Å². The second kappa shape index (κ2) is 8.84. The average molecular weight is 487 g/mol. The molecule has 4 aromatic rings. The SMILES string of the molecule is COCCn1cc2c(n1)C(=O)N(C)CCCCn1cc(c(C(F)(F)F)n1)-c1c[nH]c3ncc-2cc13. The molecule has 0 unspecified atom stereocenters. The summed E-state index contributed by atoms with van der Waals surface area (Å²) in [6.45, 7) is 1.59. The van der Waals surface area contributed by atoms with Gasteiger partial charge in [0.1, 0.15) is 5.65 Å². The van der Waals surface area contributed by atoms with Gasteiger partial charge >= 0.3 is 6.18 Å². The van der Waals surface area contributed by atoms with Crippen molar-refractivity contribution in [1.82, 2.24) is 34.4 Å². The molecule has 0 aromatic carbocycles. The number of amides is 1. The molecule has 5 heterocycles. The number of ether oxygens (including phenoxy) is 1. The van der Waals surface area contributed by atoms with Crippen LogP contribution in [-0.2, 0) is 24.0 Å². The van der Waals surface area contributed by atoms with Gasteiger partial charge in [0.05, 0.1) is 13.2 Å². The number of aromatic amines is 1. The predicted octanol–water partition coefficient (Wildman–Crippen LogP) is 3.82. The molecule has 5 rings (SSSR count). The van der Waals surface area contributed by atoms with Crippen LogP contribution in [0.1, 0.15) is 29.0 Å². The van der Waals surface area contributed by atoms with E-state index in [0.29, 0.717) is 66.8 Å². The molecule has 12 heteroatoms. The molecule has 35 heavy (non-hydrogen) atoms. The molecule has 184 valence electrons. The van der Waals surface area contributed by atoms with Crippen molar-refractivity contribution in [2.45, 2.75) is 32.1 Å². The Morgan fingerprint density at radius 3 is 2.69 bits per heavy atom. The maximum atomic E-state index is 13.9. The fourth-order valence-corrected chi connectivity index (χ4v) is 4.31. The van der Waals surface area contributed by atoms with Gasteiger partial charge in [0.2, 0.25) is 0 Å². The van der Waals surface area contributed by atoms with E-state index in [-0.39, 0.29) is 17.2 Å². The Morgan fingerprint density at radius 1 is 1.11 bits per heavy atom. The first-order valence-corrected chi connectivity index (χ1v) is 11.2. The lowest BCUT2D eigenvalue weighted by Crippen LogP contribution is -2.29. The van der Waals surface area contributed by atoms with E-state index in [9.17, 15) is 18.0 Å². The Hall–Kier alpha value is -3.67. The number of nitrogens with zero attached hydrogens (tertiary/aromatic N) is 6. The third-order valence-electron chi connectivity index (χ3n) is 6.13. The summed E-state index contributed by atoms with van der Waals surface area (Å²) in [4.78, 5) is 22.2. The number of alkyl halides is 3. The van der Waals surface area contributed by atoms with Crippen molar-refractivity contribution in [3.63, 3.8) is 0 Å². The number of hydrogen-bond acceptors (Lipinski definition) is 5. The molecule has 9 nitrogen and oxygen atoms in total. The molecule has 0 spiro atoms. The van der Waals surface area contributed by atoms with Crippen LogP contribution >= 0.6 is 0 Å². The number of methoxy groups -OCH3 is 1. The number of carbonyl (C=O) groups is 1. The van der Waals surface area contributed by atoms with Crippen LogP contribution in [0, 0.1) is 0 Å². The zero-order valence-electron chi connectivity index (χ0n) is 19.3. The van der Waals surface area contributed by atoms with Gasteiger partial charge in [-0.15, -0.1) is 0 Å². The molecule has 1 aliphatic rings. The highest BCUT2D eigenvalue weighted by Gasteiger charge is 2.38. The van der Waals surface area contributed by atoms with Gasteiger partial charge < -0.3 is 14.6 Å². The molecular weight excluding hydrogens is 463 g/mol. The summed E-state index contributed by atoms with van der Waals surface area (Å²) in [7, 11) is 3.27. The number of fused-ring (bicyclic) bond motifs is 6. The Morgan fingerprint density at radius 2 is 1.91 bits per heavy atom. The largest absolute Gasteiger partial charge is 0.435 e. The molecule has 0 fully saturated rings. The Labute approximate surface area is 198 Å². The van der Waals surface area contributed by atoms with Crippen molar-refractivity contribution in [1.29, 1.82) is 0 Å². The van der Waals surface area contributed by atoms with Gasteiger partial charge in [-0.25, -0.2) is 4.98 Å². The fraction of sp³-hybridized carbons (Fsp3) is 0.391. The second-order valence-electron chi connectivity index (χ2n) is 8.56. The molecule has 1 N–H and O–H groups in total. The van der Waals surface area contributed by atoms with Crippen LogP contribution in [0.15, 0.2) is 30.9 Å². The summed E-state index contributed by atoms with van der Waals surface area (Å²) in [6.07, 6.45) is 2.82. The lowest BCUT2D eigenvalue weighted by Gasteiger charge is -2.16. The predicted molar refractivity (Wildman–Crippen MR) is 122 cm³/mol. The second-order valence-corrected chi connectivity index (χ2v) is 8.56. The van der Waals surface area contributed by atoms with Gasteiger partial charge in [-0.1, -0.05) is 0 Å². The number of nitrogens with one attached hydrogen (secondary N) is 1. The Bertz CT molecular complexity index is 1390. The minimum Gasteiger partial charge on any atom is -0.383 e. The summed E-state index contributed by atoms with van der Waals surface area (Å²) in [6, 6.07) is 1.74. The van der Waals surface area contributed by atoms with Gasteiger partial charge in [0.25, 0.3) is 5.91 Å². The highest BCUT2D eigenvalue weighted by molar-refractivity contribution is 6.01. The fourth-order valence-electron chi connectivity index (χ4n) is 4.31. The van der Waals surface area contributed by atoms with Crippen LogP contribution in [-0.4, -0.2) is 67.6 Å². The van der Waals surface area contributed by atoms with Crippen LogP contribution in [0.3, 0.4) is 0 Å². The molecule has 4 aromatic heterocycles. The van der Waals surface area contributed by atoms with E-state index in [0.717, 1.165) is 0 Å². The third-order valence-corrected chi connectivity index (χ3v) is 6.13. The van der Waals surface area contributed by atoms with Crippen molar-refractivity contribution >= 4 is 16.9 Å². The summed E-state index contributed by atoms with van der Waals surface area (Å²) in [5.41, 5.74) is 1.23. The van der Waals surface area contributed by atoms with E-state index >= 15 is 0 Å². The van der Waals surface area contributed by atoms with Crippen molar-refractivity contribution in [2.75, 3.05) is 27.3 Å². The van der Waals surface area contributed by atoms with Crippen molar-refractivity contribution in [3.05, 3.63) is 42.2 Å². The zero-order chi connectivity index (χ0) is 24.7. The minimum absolute atomic E-state index is 0.0122. The summed E-state index contributed by atoms with van der Waals surface area (Å²) in [5, 5.41) is 8.85. The highest BCUT2D eigenvalue weighted by atomic mass is 19.4. The monoisotopic (exact) mass is 487 g/mol. The number of carbonyl (C=O) groups excluding carboxylic acids is 1. The zero-order valence-corrected chi connectivity index (χ0v) is 19.3. The van der Waals surface area contributed by atoms with E-state index in [2.05, 4.69) is 20.2 Å². The van der Waals surface area contributed by atoms with Crippen LogP contribution in [0.4, 0.5) is 13.2 Å². The molecule has 1 amide bonds. The smallest absolute Gasteiger partial charge is 0.383 e. The molecule has 0 saturated carbocycles. The molecule has 0 aliphatic carbocycles.